The summed E-state index contributed by atoms with van der Waals surface area (Å²) in [6.45, 7) is 4.45. The minimum Gasteiger partial charge on any atom is -0.367 e. The first-order valence-electron chi connectivity index (χ1n) is 15.6. The van der Waals surface area contributed by atoms with Gasteiger partial charge in [0.05, 0.1) is 10.4 Å². The third-order valence-corrected chi connectivity index (χ3v) is 10.4. The molecule has 0 atom stereocenters. The number of nitrogens with zero attached hydrogens (tertiary/aromatic N) is 3. The SMILES string of the molecule is O=S(=O)(NCC1CCC(CNc2nc(NC3CCN(Cc4ccccc4)CC3)c3ccccc3n2)CC1)c1ccccc1. The molecule has 0 bridgehead atoms. The highest BCUT2D eigenvalue weighted by atomic mass is 32.2. The van der Waals surface area contributed by atoms with E-state index in [-0.39, 0.29) is 0 Å². The van der Waals surface area contributed by atoms with E-state index in [1.165, 1.54) is 5.56 Å². The predicted molar refractivity (Wildman–Crippen MR) is 173 cm³/mol. The number of aromatic nitrogens is 2. The summed E-state index contributed by atoms with van der Waals surface area (Å²) in [6, 6.07) is 27.9. The maximum Gasteiger partial charge on any atom is 0.240 e. The Morgan fingerprint density at radius 3 is 2.07 bits per heavy atom. The van der Waals surface area contributed by atoms with Gasteiger partial charge in [0, 0.05) is 44.2 Å². The highest BCUT2D eigenvalue weighted by molar-refractivity contribution is 7.89. The molecule has 3 aromatic carbocycles. The summed E-state index contributed by atoms with van der Waals surface area (Å²) in [7, 11) is -3.46. The van der Waals surface area contributed by atoms with Gasteiger partial charge in [0.15, 0.2) is 0 Å². The Balaban J connectivity index is 0.999. The molecule has 9 heteroatoms. The van der Waals surface area contributed by atoms with Gasteiger partial charge in [-0.2, -0.15) is 4.98 Å². The lowest BCUT2D eigenvalue weighted by molar-refractivity contribution is 0.211. The average Bonchev–Trinajstić information content (AvgIpc) is 3.05. The summed E-state index contributed by atoms with van der Waals surface area (Å²) in [4.78, 5) is 12.6. The monoisotopic (exact) mass is 598 g/mol. The van der Waals surface area contributed by atoms with E-state index in [9.17, 15) is 8.42 Å². The van der Waals surface area contributed by atoms with Crippen LogP contribution in [-0.2, 0) is 16.6 Å². The summed E-state index contributed by atoms with van der Waals surface area (Å²) >= 11 is 0. The molecule has 0 unspecified atom stereocenters. The minimum absolute atomic E-state index is 0.325. The maximum atomic E-state index is 12.6. The lowest BCUT2D eigenvalue weighted by atomic mass is 9.82. The molecule has 1 saturated carbocycles. The van der Waals surface area contributed by atoms with Crippen molar-refractivity contribution in [2.45, 2.75) is 56.0 Å². The van der Waals surface area contributed by atoms with Crippen LogP contribution >= 0.6 is 0 Å². The molecule has 1 aliphatic heterocycles. The second kappa shape index (κ2) is 13.8. The fourth-order valence-electron chi connectivity index (χ4n) is 6.32. The molecule has 1 aliphatic carbocycles. The Labute approximate surface area is 255 Å². The fraction of sp³-hybridized carbons (Fsp3) is 0.412. The van der Waals surface area contributed by atoms with E-state index >= 15 is 0 Å². The van der Waals surface area contributed by atoms with Gasteiger partial charge in [-0.25, -0.2) is 18.1 Å². The summed E-state index contributed by atoms with van der Waals surface area (Å²) in [6.07, 6.45) is 6.31. The van der Waals surface area contributed by atoms with Crippen molar-refractivity contribution < 1.29 is 8.42 Å². The zero-order valence-corrected chi connectivity index (χ0v) is 25.5. The first-order valence-corrected chi connectivity index (χ1v) is 17.1. The molecule has 0 radical (unpaired) electrons. The summed E-state index contributed by atoms with van der Waals surface area (Å²) in [5.74, 6) is 2.45. The summed E-state index contributed by atoms with van der Waals surface area (Å²) < 4.78 is 28.0. The van der Waals surface area contributed by atoms with Gasteiger partial charge in [-0.15, -0.1) is 0 Å². The van der Waals surface area contributed by atoms with Gasteiger partial charge in [0.1, 0.15) is 5.82 Å². The first-order chi connectivity index (χ1) is 21.0. The number of sulfonamides is 1. The van der Waals surface area contributed by atoms with Gasteiger partial charge < -0.3 is 10.6 Å². The van der Waals surface area contributed by atoms with Crippen LogP contribution in [0.4, 0.5) is 11.8 Å². The molecule has 6 rings (SSSR count). The van der Waals surface area contributed by atoms with E-state index < -0.39 is 10.0 Å². The number of para-hydroxylation sites is 1. The third kappa shape index (κ3) is 7.90. The Morgan fingerprint density at radius 1 is 0.721 bits per heavy atom. The van der Waals surface area contributed by atoms with Crippen molar-refractivity contribution >= 4 is 32.7 Å². The van der Waals surface area contributed by atoms with Gasteiger partial charge >= 0.3 is 0 Å². The fourth-order valence-corrected chi connectivity index (χ4v) is 7.46. The molecule has 226 valence electrons. The Hall–Kier alpha value is -3.53. The molecular weight excluding hydrogens is 556 g/mol. The van der Waals surface area contributed by atoms with Crippen molar-refractivity contribution in [3.63, 3.8) is 0 Å². The molecule has 4 aromatic rings. The van der Waals surface area contributed by atoms with Gasteiger partial charge in [-0.1, -0.05) is 60.7 Å². The molecule has 2 heterocycles. The molecule has 2 aliphatic rings. The molecule has 8 nitrogen and oxygen atoms in total. The number of rotatable bonds is 11. The van der Waals surface area contributed by atoms with Crippen LogP contribution in [-0.4, -0.2) is 55.5 Å². The summed E-state index contributed by atoms with van der Waals surface area (Å²) in [5, 5.41) is 8.34. The van der Waals surface area contributed by atoms with Crippen molar-refractivity contribution in [2.75, 3.05) is 36.8 Å². The van der Waals surface area contributed by atoms with E-state index in [0.29, 0.717) is 35.3 Å². The number of benzene rings is 3. The van der Waals surface area contributed by atoms with Crippen LogP contribution in [0.15, 0.2) is 89.8 Å². The van der Waals surface area contributed by atoms with E-state index in [0.717, 1.165) is 81.4 Å². The largest absolute Gasteiger partial charge is 0.367 e. The predicted octanol–water partition coefficient (Wildman–Crippen LogP) is 5.90. The minimum atomic E-state index is -3.46. The lowest BCUT2D eigenvalue weighted by Crippen LogP contribution is -2.38. The van der Waals surface area contributed by atoms with Gasteiger partial charge in [0.2, 0.25) is 16.0 Å². The molecule has 43 heavy (non-hydrogen) atoms. The molecule has 1 aromatic heterocycles. The molecular formula is C34H42N6O2S. The van der Waals surface area contributed by atoms with Crippen molar-refractivity contribution in [2.24, 2.45) is 11.8 Å². The van der Waals surface area contributed by atoms with Crippen LogP contribution in [0.5, 0.6) is 0 Å². The Bertz CT molecular complexity index is 1570. The molecule has 3 N–H and O–H groups in total. The Morgan fingerprint density at radius 2 is 1.35 bits per heavy atom. The number of piperidine rings is 1. The number of anilines is 2. The van der Waals surface area contributed by atoms with E-state index in [1.54, 1.807) is 24.3 Å². The maximum absolute atomic E-state index is 12.6. The van der Waals surface area contributed by atoms with Gasteiger partial charge in [-0.3, -0.25) is 4.90 Å². The summed E-state index contributed by atoms with van der Waals surface area (Å²) in [5.41, 5.74) is 2.31. The Kier molecular flexibility index (Phi) is 9.51. The van der Waals surface area contributed by atoms with Crippen molar-refractivity contribution in [1.82, 2.24) is 19.6 Å². The quantitative estimate of drug-likeness (QED) is 0.198. The van der Waals surface area contributed by atoms with E-state index in [4.69, 9.17) is 9.97 Å². The highest BCUT2D eigenvalue weighted by Gasteiger charge is 2.24. The van der Waals surface area contributed by atoms with Crippen molar-refractivity contribution in [3.05, 3.63) is 90.5 Å². The number of hydrogen-bond donors (Lipinski definition) is 3. The zero-order chi connectivity index (χ0) is 29.5. The second-order valence-corrected chi connectivity index (χ2v) is 13.8. The van der Waals surface area contributed by atoms with Crippen molar-refractivity contribution in [1.29, 1.82) is 0 Å². The second-order valence-electron chi connectivity index (χ2n) is 12.0. The number of nitrogens with one attached hydrogen (secondary N) is 3. The molecule has 2 fully saturated rings. The molecule has 0 spiro atoms. The van der Waals surface area contributed by atoms with Crippen LogP contribution in [0.1, 0.15) is 44.1 Å². The van der Waals surface area contributed by atoms with Crippen LogP contribution in [0.3, 0.4) is 0 Å². The topological polar surface area (TPSA) is 99.2 Å². The van der Waals surface area contributed by atoms with Crippen molar-refractivity contribution in [3.8, 4) is 0 Å². The molecule has 1 saturated heterocycles. The smallest absolute Gasteiger partial charge is 0.240 e. The van der Waals surface area contributed by atoms with Gasteiger partial charge in [0.25, 0.3) is 0 Å². The number of likely N-dealkylation sites (tertiary alicyclic amines) is 1. The van der Waals surface area contributed by atoms with Gasteiger partial charge in [-0.05, 0) is 80.2 Å². The standard InChI is InChI=1S/C34H42N6O2S/c41-43(42,30-11-5-2-6-12-30)36-24-27-17-15-26(16-18-27)23-35-34-38-32-14-8-7-13-31(32)33(39-34)37-29-19-21-40(22-20-29)25-28-9-3-1-4-10-28/h1-14,26-27,29,36H,15-25H2,(H2,35,37,38,39). The van der Waals surface area contributed by atoms with Crippen LogP contribution in [0.25, 0.3) is 10.9 Å². The number of hydrogen-bond acceptors (Lipinski definition) is 7. The van der Waals surface area contributed by atoms with Crippen LogP contribution in [0.2, 0.25) is 0 Å². The highest BCUT2D eigenvalue weighted by Crippen LogP contribution is 2.30. The zero-order valence-electron chi connectivity index (χ0n) is 24.7. The van der Waals surface area contributed by atoms with Crippen LogP contribution in [0, 0.1) is 11.8 Å². The normalized spacial score (nSPS) is 20.2. The van der Waals surface area contributed by atoms with E-state index in [1.807, 2.05) is 18.2 Å². The molecule has 0 amide bonds. The van der Waals surface area contributed by atoms with E-state index in [2.05, 4.69) is 62.7 Å². The van der Waals surface area contributed by atoms with Crippen LogP contribution < -0.4 is 15.4 Å². The number of fused-ring (bicyclic) bond motifs is 1. The third-order valence-electron chi connectivity index (χ3n) is 8.91. The lowest BCUT2D eigenvalue weighted by Gasteiger charge is -2.33. The first kappa shape index (κ1) is 29.5. The average molecular weight is 599 g/mol.